The maximum absolute atomic E-state index is 12.2. The number of benzene rings is 1. The van der Waals surface area contributed by atoms with Crippen LogP contribution in [0.25, 0.3) is 11.4 Å². The molecule has 0 spiro atoms. The standard InChI is InChI=1S/C17H22N4OS/c1-11-3-5-14(6-4-11)16-19-20-17(23)21(16)10-15(22)18-9-12(2)13-7-8-13/h3-6,12-13H,7-10H2,1-2H3,(H,18,22)(H,20,23). The van der Waals surface area contributed by atoms with Crippen LogP contribution in [0.2, 0.25) is 0 Å². The largest absolute Gasteiger partial charge is 0.354 e. The summed E-state index contributed by atoms with van der Waals surface area (Å²) in [4.78, 5) is 12.2. The molecule has 0 saturated heterocycles. The predicted molar refractivity (Wildman–Crippen MR) is 92.5 cm³/mol. The molecule has 1 aliphatic carbocycles. The van der Waals surface area contributed by atoms with Gasteiger partial charge in [-0.25, -0.2) is 0 Å². The van der Waals surface area contributed by atoms with E-state index in [4.69, 9.17) is 12.2 Å². The van der Waals surface area contributed by atoms with E-state index in [1.54, 1.807) is 4.57 Å². The smallest absolute Gasteiger partial charge is 0.240 e. The Morgan fingerprint density at radius 2 is 2.13 bits per heavy atom. The first kappa shape index (κ1) is 15.9. The summed E-state index contributed by atoms with van der Waals surface area (Å²) in [5, 5.41) is 10.1. The second-order valence-corrected chi connectivity index (χ2v) is 6.81. The first-order chi connectivity index (χ1) is 11.0. The van der Waals surface area contributed by atoms with E-state index >= 15 is 0 Å². The van der Waals surface area contributed by atoms with Gasteiger partial charge < -0.3 is 5.32 Å². The van der Waals surface area contributed by atoms with Gasteiger partial charge in [0.2, 0.25) is 5.91 Å². The summed E-state index contributed by atoms with van der Waals surface area (Å²) < 4.78 is 2.21. The second kappa shape index (κ2) is 6.66. The lowest BCUT2D eigenvalue weighted by Gasteiger charge is -2.12. The predicted octanol–water partition coefficient (Wildman–Crippen LogP) is 3.08. The molecule has 0 radical (unpaired) electrons. The van der Waals surface area contributed by atoms with E-state index in [1.165, 1.54) is 18.4 Å². The van der Waals surface area contributed by atoms with Gasteiger partial charge in [-0.05, 0) is 43.8 Å². The van der Waals surface area contributed by atoms with E-state index in [9.17, 15) is 4.79 Å². The van der Waals surface area contributed by atoms with Crippen LogP contribution in [0.1, 0.15) is 25.3 Å². The number of carbonyl (C=O) groups excluding carboxylic acids is 1. The van der Waals surface area contributed by atoms with Crippen molar-refractivity contribution in [2.45, 2.75) is 33.2 Å². The van der Waals surface area contributed by atoms with Crippen LogP contribution < -0.4 is 5.32 Å². The molecule has 6 heteroatoms. The molecule has 1 fully saturated rings. The molecule has 1 heterocycles. The highest BCUT2D eigenvalue weighted by Crippen LogP contribution is 2.36. The lowest BCUT2D eigenvalue weighted by atomic mass is 10.1. The fourth-order valence-electron chi connectivity index (χ4n) is 2.69. The molecule has 2 aromatic rings. The average Bonchev–Trinajstić information content (AvgIpc) is 3.32. The molecular formula is C17H22N4OS. The number of aryl methyl sites for hydroxylation is 1. The normalized spacial score (nSPS) is 15.4. The number of carbonyl (C=O) groups is 1. The number of hydrogen-bond donors (Lipinski definition) is 2. The van der Waals surface area contributed by atoms with Crippen molar-refractivity contribution in [3.05, 3.63) is 34.6 Å². The number of aromatic amines is 1. The van der Waals surface area contributed by atoms with Gasteiger partial charge in [-0.15, -0.1) is 0 Å². The van der Waals surface area contributed by atoms with Crippen molar-refractivity contribution in [2.24, 2.45) is 11.8 Å². The summed E-state index contributed by atoms with van der Waals surface area (Å²) in [5.41, 5.74) is 2.13. The van der Waals surface area contributed by atoms with Gasteiger partial charge in [0, 0.05) is 12.1 Å². The molecule has 3 rings (SSSR count). The van der Waals surface area contributed by atoms with Crippen molar-refractivity contribution >= 4 is 18.1 Å². The molecule has 1 unspecified atom stereocenters. The molecule has 23 heavy (non-hydrogen) atoms. The van der Waals surface area contributed by atoms with Crippen LogP contribution >= 0.6 is 12.2 Å². The lowest BCUT2D eigenvalue weighted by Crippen LogP contribution is -2.32. The second-order valence-electron chi connectivity index (χ2n) is 6.42. The van der Waals surface area contributed by atoms with Crippen LogP contribution in [0.15, 0.2) is 24.3 Å². The maximum atomic E-state index is 12.2. The van der Waals surface area contributed by atoms with Crippen LogP contribution in [0.5, 0.6) is 0 Å². The highest BCUT2D eigenvalue weighted by Gasteiger charge is 2.27. The Morgan fingerprint density at radius 3 is 2.78 bits per heavy atom. The maximum Gasteiger partial charge on any atom is 0.240 e. The van der Waals surface area contributed by atoms with E-state index in [1.807, 2.05) is 31.2 Å². The molecule has 1 saturated carbocycles. The zero-order valence-corrected chi connectivity index (χ0v) is 14.3. The Kier molecular flexibility index (Phi) is 4.61. The van der Waals surface area contributed by atoms with Crippen LogP contribution in [0, 0.1) is 23.5 Å². The van der Waals surface area contributed by atoms with Gasteiger partial charge in [-0.3, -0.25) is 14.5 Å². The molecule has 1 aromatic carbocycles. The van der Waals surface area contributed by atoms with Crippen molar-refractivity contribution in [2.75, 3.05) is 6.54 Å². The summed E-state index contributed by atoms with van der Waals surface area (Å²) in [7, 11) is 0. The average molecular weight is 330 g/mol. The molecule has 1 aromatic heterocycles. The topological polar surface area (TPSA) is 62.7 Å². The Hall–Kier alpha value is -1.95. The first-order valence-corrected chi connectivity index (χ1v) is 8.44. The minimum Gasteiger partial charge on any atom is -0.354 e. The van der Waals surface area contributed by atoms with Crippen molar-refractivity contribution in [1.29, 1.82) is 0 Å². The monoisotopic (exact) mass is 330 g/mol. The third-order valence-corrected chi connectivity index (χ3v) is 4.73. The lowest BCUT2D eigenvalue weighted by molar-refractivity contribution is -0.121. The van der Waals surface area contributed by atoms with Gasteiger partial charge in [-0.1, -0.05) is 36.8 Å². The summed E-state index contributed by atoms with van der Waals surface area (Å²) in [6.07, 6.45) is 2.59. The summed E-state index contributed by atoms with van der Waals surface area (Å²) in [6.45, 7) is 5.15. The number of hydrogen-bond acceptors (Lipinski definition) is 3. The Bertz CT molecular complexity index is 743. The molecule has 2 N–H and O–H groups in total. The van der Waals surface area contributed by atoms with E-state index in [0.29, 0.717) is 16.5 Å². The molecule has 5 nitrogen and oxygen atoms in total. The summed E-state index contributed by atoms with van der Waals surface area (Å²) >= 11 is 5.27. The van der Waals surface area contributed by atoms with Crippen molar-refractivity contribution in [3.8, 4) is 11.4 Å². The number of amides is 1. The third-order valence-electron chi connectivity index (χ3n) is 4.42. The van der Waals surface area contributed by atoms with Crippen LogP contribution in [-0.4, -0.2) is 27.2 Å². The van der Waals surface area contributed by atoms with Crippen LogP contribution in [0.4, 0.5) is 0 Å². The minimum atomic E-state index is -0.0247. The molecule has 0 bridgehead atoms. The number of nitrogens with zero attached hydrogens (tertiary/aromatic N) is 2. The van der Waals surface area contributed by atoms with Crippen molar-refractivity contribution < 1.29 is 4.79 Å². The van der Waals surface area contributed by atoms with Gasteiger partial charge >= 0.3 is 0 Å². The van der Waals surface area contributed by atoms with Gasteiger partial charge in [-0.2, -0.15) is 5.10 Å². The van der Waals surface area contributed by atoms with Gasteiger partial charge in [0.1, 0.15) is 6.54 Å². The fourth-order valence-corrected chi connectivity index (χ4v) is 2.89. The molecule has 1 aliphatic rings. The van der Waals surface area contributed by atoms with E-state index < -0.39 is 0 Å². The van der Waals surface area contributed by atoms with Crippen molar-refractivity contribution in [3.63, 3.8) is 0 Å². The third kappa shape index (κ3) is 3.88. The van der Waals surface area contributed by atoms with Gasteiger partial charge in [0.05, 0.1) is 0 Å². The van der Waals surface area contributed by atoms with E-state index in [2.05, 4.69) is 22.4 Å². The zero-order chi connectivity index (χ0) is 16.4. The highest BCUT2D eigenvalue weighted by molar-refractivity contribution is 7.71. The first-order valence-electron chi connectivity index (χ1n) is 8.03. The summed E-state index contributed by atoms with van der Waals surface area (Å²) in [6, 6.07) is 8.03. The van der Waals surface area contributed by atoms with E-state index in [-0.39, 0.29) is 12.5 Å². The molecule has 1 atom stereocenters. The number of nitrogens with one attached hydrogen (secondary N) is 2. The van der Waals surface area contributed by atoms with Crippen molar-refractivity contribution in [1.82, 2.24) is 20.1 Å². The number of aromatic nitrogens is 3. The highest BCUT2D eigenvalue weighted by atomic mass is 32.1. The zero-order valence-electron chi connectivity index (χ0n) is 13.5. The van der Waals surface area contributed by atoms with Crippen LogP contribution in [0.3, 0.4) is 0 Å². The molecule has 122 valence electrons. The Labute approximate surface area is 141 Å². The van der Waals surface area contributed by atoms with Gasteiger partial charge in [0.15, 0.2) is 10.6 Å². The summed E-state index contributed by atoms with van der Waals surface area (Å²) in [5.74, 6) is 2.01. The Morgan fingerprint density at radius 1 is 1.43 bits per heavy atom. The molecule has 1 amide bonds. The van der Waals surface area contributed by atoms with Gasteiger partial charge in [0.25, 0.3) is 0 Å². The van der Waals surface area contributed by atoms with E-state index in [0.717, 1.165) is 18.0 Å². The fraction of sp³-hybridized carbons (Fsp3) is 0.471. The SMILES string of the molecule is Cc1ccc(-c2n[nH]c(=S)n2CC(=O)NCC(C)C2CC2)cc1. The van der Waals surface area contributed by atoms with Crippen LogP contribution in [-0.2, 0) is 11.3 Å². The quantitative estimate of drug-likeness (QED) is 0.800. The minimum absolute atomic E-state index is 0.0247. The number of H-pyrrole nitrogens is 1. The Balaban J connectivity index is 1.69. The number of rotatable bonds is 6. The molecular weight excluding hydrogens is 308 g/mol. The molecule has 0 aliphatic heterocycles.